The van der Waals surface area contributed by atoms with Crippen molar-refractivity contribution >= 4 is 24.6 Å². The summed E-state index contributed by atoms with van der Waals surface area (Å²) < 4.78 is 17.2. The van der Waals surface area contributed by atoms with Gasteiger partial charge in [-0.15, -0.1) is 0 Å². The van der Waals surface area contributed by atoms with Gasteiger partial charge < -0.3 is 20.3 Å². The molecule has 0 spiro atoms. The fourth-order valence-electron chi connectivity index (χ4n) is 1.47. The number of imidazole rings is 1. The Bertz CT molecular complexity index is 594. The Balaban J connectivity index is 2.00. The highest BCUT2D eigenvalue weighted by molar-refractivity contribution is 7.51. The van der Waals surface area contributed by atoms with Crippen molar-refractivity contribution in [1.82, 2.24) is 15.0 Å². The van der Waals surface area contributed by atoms with Gasteiger partial charge in [0, 0.05) is 0 Å². The van der Waals surface area contributed by atoms with Crippen molar-refractivity contribution in [2.75, 3.05) is 18.7 Å². The molecule has 0 aromatic carbocycles. The van der Waals surface area contributed by atoms with Gasteiger partial charge in [0.1, 0.15) is 6.35 Å². The minimum absolute atomic E-state index is 0.159. The molecule has 0 fully saturated rings. The van der Waals surface area contributed by atoms with E-state index in [-0.39, 0.29) is 6.61 Å². The molecule has 0 bridgehead atoms. The van der Waals surface area contributed by atoms with Crippen LogP contribution in [0.4, 0.5) is 5.82 Å². The highest BCUT2D eigenvalue weighted by atomic mass is 31.2. The number of nitrogens with zero attached hydrogens (tertiary/aromatic N) is 3. The van der Waals surface area contributed by atoms with Gasteiger partial charge in [-0.3, -0.25) is 9.55 Å². The van der Waals surface area contributed by atoms with Crippen LogP contribution in [0.5, 0.6) is 0 Å². The van der Waals surface area contributed by atoms with E-state index in [4.69, 9.17) is 20.3 Å². The minimum Gasteiger partial charge on any atom is -0.380 e. The molecule has 0 saturated heterocycles. The minimum atomic E-state index is -4.11. The number of aromatic amines is 1. The van der Waals surface area contributed by atoms with Gasteiger partial charge in [0.25, 0.3) is 0 Å². The van der Waals surface area contributed by atoms with E-state index in [1.54, 1.807) is 10.9 Å². The van der Waals surface area contributed by atoms with E-state index < -0.39 is 13.9 Å². The molecule has 0 radical (unpaired) electrons. The van der Waals surface area contributed by atoms with Gasteiger partial charge in [0.15, 0.2) is 18.5 Å². The second-order valence-electron chi connectivity index (χ2n) is 3.63. The van der Waals surface area contributed by atoms with Crippen molar-refractivity contribution in [3.63, 3.8) is 0 Å². The molecular formula is C8H13N5O4P+. The lowest BCUT2D eigenvalue weighted by Gasteiger charge is -2.04. The number of anilines is 1. The highest BCUT2D eigenvalue weighted by Gasteiger charge is 2.15. The fraction of sp³-hybridized carbons (Fsp3) is 0.375. The number of rotatable bonds is 5. The number of H-pyrrole nitrogens is 1. The molecule has 2 heterocycles. The van der Waals surface area contributed by atoms with E-state index in [1.807, 2.05) is 0 Å². The van der Waals surface area contributed by atoms with Crippen LogP contribution in [0.1, 0.15) is 0 Å². The summed E-state index contributed by atoms with van der Waals surface area (Å²) in [5.41, 5.74) is 6.88. The van der Waals surface area contributed by atoms with Gasteiger partial charge in [0.2, 0.25) is 5.52 Å². The van der Waals surface area contributed by atoms with Gasteiger partial charge in [-0.1, -0.05) is 4.98 Å². The number of hydrogen-bond donors (Lipinski definition) is 4. The average Bonchev–Trinajstić information content (AvgIpc) is 2.68. The monoisotopic (exact) mass is 274 g/mol. The summed E-state index contributed by atoms with van der Waals surface area (Å²) in [6.45, 7) is 0.559. The molecular weight excluding hydrogens is 261 g/mol. The predicted octanol–water partition coefficient (Wildman–Crippen LogP) is -1.02. The number of fused-ring (bicyclic) bond motifs is 1. The number of nitrogens with one attached hydrogen (secondary N) is 1. The number of hydrogen-bond acceptors (Lipinski definition) is 5. The molecule has 0 aliphatic heterocycles. The zero-order valence-electron chi connectivity index (χ0n) is 9.35. The third-order valence-electron chi connectivity index (χ3n) is 2.23. The maximum atomic E-state index is 10.6. The molecule has 0 atom stereocenters. The first kappa shape index (κ1) is 12.9. The van der Waals surface area contributed by atoms with Gasteiger partial charge >= 0.3 is 13.2 Å². The second-order valence-corrected chi connectivity index (χ2v) is 5.21. The van der Waals surface area contributed by atoms with Gasteiger partial charge in [0.05, 0.1) is 13.2 Å². The first-order chi connectivity index (χ1) is 8.47. The Labute approximate surface area is 102 Å². The summed E-state index contributed by atoms with van der Waals surface area (Å²) in [6, 6.07) is 0. The summed E-state index contributed by atoms with van der Waals surface area (Å²) in [5, 5.41) is 0. The largest absolute Gasteiger partial charge is 0.380 e. The van der Waals surface area contributed by atoms with Crippen molar-refractivity contribution in [2.45, 2.75) is 6.54 Å². The standard InChI is InChI=1S/C8H12N5O4P/c9-7-6-8(11-3-10-7)13(4-12-6)1-2-17-5-18(14,15)16/h3-4H,1-2,5H2,(H4,9,10,11,14,15,16)/p+1. The van der Waals surface area contributed by atoms with Crippen molar-refractivity contribution in [3.05, 3.63) is 12.7 Å². The molecule has 0 unspecified atom stereocenters. The Morgan fingerprint density at radius 3 is 3.00 bits per heavy atom. The Morgan fingerprint density at radius 2 is 2.28 bits per heavy atom. The van der Waals surface area contributed by atoms with Crippen LogP contribution in [0.2, 0.25) is 0 Å². The van der Waals surface area contributed by atoms with Crippen molar-refractivity contribution in [1.29, 1.82) is 0 Å². The summed E-state index contributed by atoms with van der Waals surface area (Å²) in [6.07, 6.45) is 2.40. The molecule has 9 nitrogen and oxygen atoms in total. The van der Waals surface area contributed by atoms with E-state index >= 15 is 0 Å². The molecule has 10 heteroatoms. The van der Waals surface area contributed by atoms with Crippen molar-refractivity contribution in [3.8, 4) is 0 Å². The predicted molar refractivity (Wildman–Crippen MR) is 61.4 cm³/mol. The first-order valence-corrected chi connectivity index (χ1v) is 6.86. The molecule has 2 aromatic heterocycles. The smallest absolute Gasteiger partial charge is 0.350 e. The zero-order chi connectivity index (χ0) is 13.2. The molecule has 2 rings (SSSR count). The molecule has 0 saturated carbocycles. The Hall–Kier alpha value is -1.54. The van der Waals surface area contributed by atoms with Gasteiger partial charge in [-0.2, -0.15) is 4.98 Å². The molecule has 5 N–H and O–H groups in total. The van der Waals surface area contributed by atoms with Crippen LogP contribution in [0.15, 0.2) is 12.7 Å². The summed E-state index contributed by atoms with van der Waals surface area (Å²) in [5.74, 6) is 0.342. The molecule has 98 valence electrons. The van der Waals surface area contributed by atoms with E-state index in [0.717, 1.165) is 0 Å². The van der Waals surface area contributed by atoms with E-state index in [0.29, 0.717) is 23.5 Å². The summed E-state index contributed by atoms with van der Waals surface area (Å²) >= 11 is 0. The molecule has 0 aliphatic carbocycles. The quantitative estimate of drug-likeness (QED) is 0.311. The van der Waals surface area contributed by atoms with Crippen molar-refractivity contribution < 1.29 is 23.7 Å². The van der Waals surface area contributed by atoms with Crippen LogP contribution in [0.25, 0.3) is 11.2 Å². The van der Waals surface area contributed by atoms with Crippen LogP contribution >= 0.6 is 7.60 Å². The van der Waals surface area contributed by atoms with Gasteiger partial charge in [-0.05, 0) is 0 Å². The number of aromatic nitrogens is 4. The molecule has 0 amide bonds. The zero-order valence-corrected chi connectivity index (χ0v) is 10.2. The van der Waals surface area contributed by atoms with Gasteiger partial charge in [-0.25, -0.2) is 4.57 Å². The normalized spacial score (nSPS) is 12.1. The van der Waals surface area contributed by atoms with Crippen molar-refractivity contribution in [2.24, 2.45) is 0 Å². The topological polar surface area (TPSA) is 138 Å². The Morgan fingerprint density at radius 1 is 1.50 bits per heavy atom. The molecule has 2 aromatic rings. The first-order valence-electron chi connectivity index (χ1n) is 5.07. The third-order valence-corrected chi connectivity index (χ3v) is 2.75. The van der Waals surface area contributed by atoms with Crippen LogP contribution in [-0.2, 0) is 15.8 Å². The summed E-state index contributed by atoms with van der Waals surface area (Å²) in [7, 11) is -4.11. The van der Waals surface area contributed by atoms with Crippen LogP contribution in [0, 0.1) is 0 Å². The highest BCUT2D eigenvalue weighted by Crippen LogP contribution is 2.33. The second kappa shape index (κ2) is 4.99. The lowest BCUT2D eigenvalue weighted by Crippen LogP contribution is -2.35. The number of nitrogens with two attached hydrogens (primary N) is 1. The number of nitrogen functional groups attached to an aromatic ring is 1. The van der Waals surface area contributed by atoms with E-state index in [1.165, 1.54) is 6.33 Å². The molecule has 0 aliphatic rings. The molecule has 18 heavy (non-hydrogen) atoms. The SMILES string of the molecule is Nc1ncnc2c1[nH]c[n+]2CCOCP(=O)(O)O. The third kappa shape index (κ3) is 3.02. The summed E-state index contributed by atoms with van der Waals surface area (Å²) in [4.78, 5) is 28.1. The van der Waals surface area contributed by atoms with E-state index in [2.05, 4.69) is 15.0 Å². The van der Waals surface area contributed by atoms with Crippen LogP contribution in [-0.4, -0.2) is 37.7 Å². The van der Waals surface area contributed by atoms with Crippen LogP contribution in [0.3, 0.4) is 0 Å². The maximum absolute atomic E-state index is 10.6. The lowest BCUT2D eigenvalue weighted by atomic mass is 10.5. The fourth-order valence-corrected chi connectivity index (χ4v) is 1.83. The van der Waals surface area contributed by atoms with E-state index in [9.17, 15) is 4.57 Å². The maximum Gasteiger partial charge on any atom is 0.350 e. The number of ether oxygens (including phenoxy) is 1. The lowest BCUT2D eigenvalue weighted by molar-refractivity contribution is -0.674. The Kier molecular flexibility index (Phi) is 3.58. The average molecular weight is 274 g/mol. The van der Waals surface area contributed by atoms with Crippen LogP contribution < -0.4 is 10.3 Å².